The van der Waals surface area contributed by atoms with Crippen LogP contribution >= 0.6 is 27.7 Å². The van der Waals surface area contributed by atoms with Crippen LogP contribution in [-0.4, -0.2) is 11.5 Å². The number of hydrogen-bond acceptors (Lipinski definition) is 2. The Morgan fingerprint density at radius 2 is 1.83 bits per heavy atom. The minimum Gasteiger partial charge on any atom is -0.293 e. The third-order valence-electron chi connectivity index (χ3n) is 2.49. The van der Waals surface area contributed by atoms with Crippen LogP contribution in [0.5, 0.6) is 0 Å². The van der Waals surface area contributed by atoms with Gasteiger partial charge in [-0.15, -0.1) is 11.8 Å². The van der Waals surface area contributed by atoms with Gasteiger partial charge in [0.05, 0.1) is 5.75 Å². The van der Waals surface area contributed by atoms with E-state index >= 15 is 0 Å². The average molecular weight is 321 g/mol. The first-order valence-corrected chi connectivity index (χ1v) is 7.61. The second-order valence-electron chi connectivity index (χ2n) is 3.91. The monoisotopic (exact) mass is 320 g/mol. The maximum atomic E-state index is 11.9. The van der Waals surface area contributed by atoms with Gasteiger partial charge in [-0.2, -0.15) is 0 Å². The molecule has 0 saturated heterocycles. The van der Waals surface area contributed by atoms with Gasteiger partial charge in [0.1, 0.15) is 0 Å². The zero-order valence-corrected chi connectivity index (χ0v) is 12.2. The Kier molecular flexibility index (Phi) is 5.02. The lowest BCUT2D eigenvalue weighted by molar-refractivity contribution is 0.102. The van der Waals surface area contributed by atoms with E-state index in [2.05, 4.69) is 28.1 Å². The summed E-state index contributed by atoms with van der Waals surface area (Å²) >= 11 is 5.03. The van der Waals surface area contributed by atoms with Crippen molar-refractivity contribution in [2.75, 3.05) is 5.75 Å². The van der Waals surface area contributed by atoms with E-state index in [0.29, 0.717) is 5.75 Å². The van der Waals surface area contributed by atoms with E-state index < -0.39 is 0 Å². The van der Waals surface area contributed by atoms with Crippen LogP contribution < -0.4 is 0 Å². The van der Waals surface area contributed by atoms with E-state index in [0.717, 1.165) is 15.8 Å². The molecule has 2 aromatic rings. The summed E-state index contributed by atoms with van der Waals surface area (Å²) < 4.78 is 0.946. The Balaban J connectivity index is 1.86. The highest BCUT2D eigenvalue weighted by Crippen LogP contribution is 2.16. The van der Waals surface area contributed by atoms with Gasteiger partial charge in [0.2, 0.25) is 0 Å². The lowest BCUT2D eigenvalue weighted by Crippen LogP contribution is -2.02. The molecule has 0 aliphatic rings. The van der Waals surface area contributed by atoms with Gasteiger partial charge < -0.3 is 0 Å². The van der Waals surface area contributed by atoms with Crippen molar-refractivity contribution in [3.05, 3.63) is 70.2 Å². The Morgan fingerprint density at radius 1 is 1.06 bits per heavy atom. The van der Waals surface area contributed by atoms with Gasteiger partial charge in [-0.1, -0.05) is 58.4 Å². The summed E-state index contributed by atoms with van der Waals surface area (Å²) in [4.78, 5) is 11.9. The molecule has 0 bridgehead atoms. The molecule has 0 heterocycles. The van der Waals surface area contributed by atoms with Crippen LogP contribution in [0, 0.1) is 0 Å². The quantitative estimate of drug-likeness (QED) is 0.751. The molecule has 1 nitrogen and oxygen atoms in total. The van der Waals surface area contributed by atoms with E-state index in [4.69, 9.17) is 0 Å². The second-order valence-corrected chi connectivity index (χ2v) is 5.81. The summed E-state index contributed by atoms with van der Waals surface area (Å²) in [5.74, 6) is 1.57. The Hall–Kier alpha value is -1.06. The summed E-state index contributed by atoms with van der Waals surface area (Å²) in [5.41, 5.74) is 2.02. The Morgan fingerprint density at radius 3 is 2.56 bits per heavy atom. The first-order valence-electron chi connectivity index (χ1n) is 5.66. The van der Waals surface area contributed by atoms with Crippen LogP contribution in [0.3, 0.4) is 0 Å². The van der Waals surface area contributed by atoms with Crippen molar-refractivity contribution < 1.29 is 4.79 Å². The minimum atomic E-state index is 0.178. The fourth-order valence-electron chi connectivity index (χ4n) is 1.58. The highest BCUT2D eigenvalue weighted by atomic mass is 79.9. The number of hydrogen-bond donors (Lipinski definition) is 0. The number of rotatable bonds is 5. The zero-order valence-electron chi connectivity index (χ0n) is 9.80. The van der Waals surface area contributed by atoms with Crippen molar-refractivity contribution in [2.45, 2.75) is 5.75 Å². The maximum absolute atomic E-state index is 11.9. The summed E-state index contributed by atoms with van der Waals surface area (Å²) in [5, 5.41) is 0. The number of ketones is 1. The number of halogens is 1. The normalized spacial score (nSPS) is 10.3. The van der Waals surface area contributed by atoms with Gasteiger partial charge in [-0.25, -0.2) is 0 Å². The molecule has 0 N–H and O–H groups in total. The topological polar surface area (TPSA) is 17.1 Å². The molecule has 0 aliphatic carbocycles. The molecule has 18 heavy (non-hydrogen) atoms. The lowest BCUT2D eigenvalue weighted by atomic mass is 10.2. The molecule has 0 spiro atoms. The third kappa shape index (κ3) is 4.00. The van der Waals surface area contributed by atoms with Gasteiger partial charge in [-0.3, -0.25) is 4.79 Å². The number of carbonyl (C=O) groups excluding carboxylic acids is 1. The van der Waals surface area contributed by atoms with E-state index in [1.165, 1.54) is 5.56 Å². The zero-order chi connectivity index (χ0) is 12.8. The van der Waals surface area contributed by atoms with Crippen molar-refractivity contribution in [2.24, 2.45) is 0 Å². The standard InChI is InChI=1S/C15H13BrOS/c16-14-8-4-7-13(9-14)15(17)11-18-10-12-5-2-1-3-6-12/h1-9H,10-11H2. The van der Waals surface area contributed by atoms with Gasteiger partial charge >= 0.3 is 0 Å². The van der Waals surface area contributed by atoms with Crippen LogP contribution in [-0.2, 0) is 5.75 Å². The van der Waals surface area contributed by atoms with Crippen LogP contribution in [0.15, 0.2) is 59.1 Å². The summed E-state index contributed by atoms with van der Waals surface area (Å²) in [6.07, 6.45) is 0. The summed E-state index contributed by atoms with van der Waals surface area (Å²) in [6, 6.07) is 17.7. The third-order valence-corrected chi connectivity index (χ3v) is 3.99. The molecule has 0 saturated carbocycles. The van der Waals surface area contributed by atoms with Gasteiger partial charge in [-0.05, 0) is 17.7 Å². The second kappa shape index (κ2) is 6.76. The minimum absolute atomic E-state index is 0.178. The Bertz CT molecular complexity index is 525. The number of Topliss-reactive ketones (excluding diaryl/α,β-unsaturated/α-hetero) is 1. The molecule has 0 fully saturated rings. The predicted molar refractivity (Wildman–Crippen MR) is 81.1 cm³/mol. The van der Waals surface area contributed by atoms with Gasteiger partial charge in [0, 0.05) is 15.8 Å². The molecule has 2 rings (SSSR count). The largest absolute Gasteiger partial charge is 0.293 e. The Labute approximate surface area is 120 Å². The molecule has 0 aliphatic heterocycles. The number of thioether (sulfide) groups is 1. The van der Waals surface area contributed by atoms with E-state index in [1.54, 1.807) is 11.8 Å². The molecule has 0 amide bonds. The van der Waals surface area contributed by atoms with Crippen LogP contribution in [0.25, 0.3) is 0 Å². The fourth-order valence-corrected chi connectivity index (χ4v) is 2.86. The van der Waals surface area contributed by atoms with E-state index in [9.17, 15) is 4.79 Å². The van der Waals surface area contributed by atoms with Crippen molar-refractivity contribution in [1.29, 1.82) is 0 Å². The molecular weight excluding hydrogens is 308 g/mol. The first-order chi connectivity index (χ1) is 8.75. The molecule has 3 heteroatoms. The SMILES string of the molecule is O=C(CSCc1ccccc1)c1cccc(Br)c1. The van der Waals surface area contributed by atoms with E-state index in [-0.39, 0.29) is 5.78 Å². The molecular formula is C15H13BrOS. The van der Waals surface area contributed by atoms with Crippen molar-refractivity contribution in [3.8, 4) is 0 Å². The summed E-state index contributed by atoms with van der Waals surface area (Å²) in [6.45, 7) is 0. The maximum Gasteiger partial charge on any atom is 0.172 e. The first kappa shape index (κ1) is 13.4. The lowest BCUT2D eigenvalue weighted by Gasteiger charge is -2.02. The van der Waals surface area contributed by atoms with Crippen LogP contribution in [0.4, 0.5) is 0 Å². The average Bonchev–Trinajstić information content (AvgIpc) is 2.40. The fraction of sp³-hybridized carbons (Fsp3) is 0.133. The highest BCUT2D eigenvalue weighted by molar-refractivity contribution is 9.10. The molecule has 0 radical (unpaired) electrons. The predicted octanol–water partition coefficient (Wildman–Crippen LogP) is 4.57. The highest BCUT2D eigenvalue weighted by Gasteiger charge is 2.06. The van der Waals surface area contributed by atoms with Crippen LogP contribution in [0.1, 0.15) is 15.9 Å². The van der Waals surface area contributed by atoms with Crippen LogP contribution in [0.2, 0.25) is 0 Å². The number of benzene rings is 2. The van der Waals surface area contributed by atoms with Crippen molar-refractivity contribution in [1.82, 2.24) is 0 Å². The van der Waals surface area contributed by atoms with Gasteiger partial charge in [0.25, 0.3) is 0 Å². The van der Waals surface area contributed by atoms with Gasteiger partial charge in [0.15, 0.2) is 5.78 Å². The molecule has 92 valence electrons. The van der Waals surface area contributed by atoms with Crippen molar-refractivity contribution >= 4 is 33.5 Å². The number of carbonyl (C=O) groups is 1. The smallest absolute Gasteiger partial charge is 0.172 e. The molecule has 0 atom stereocenters. The van der Waals surface area contributed by atoms with Crippen molar-refractivity contribution in [3.63, 3.8) is 0 Å². The summed E-state index contributed by atoms with van der Waals surface area (Å²) in [7, 11) is 0. The van der Waals surface area contributed by atoms with E-state index in [1.807, 2.05) is 42.5 Å². The molecule has 2 aromatic carbocycles. The molecule has 0 aromatic heterocycles. The molecule has 0 unspecified atom stereocenters.